The van der Waals surface area contributed by atoms with Crippen LogP contribution in [0.4, 0.5) is 0 Å². The molecule has 2 aromatic carbocycles. The molecular formula is C12H13OPPd. The molecule has 0 saturated carbocycles. The van der Waals surface area contributed by atoms with Gasteiger partial charge in [-0.15, -0.1) is 0 Å². The summed E-state index contributed by atoms with van der Waals surface area (Å²) in [7, 11) is 0.777. The van der Waals surface area contributed by atoms with E-state index in [9.17, 15) is 0 Å². The Morgan fingerprint density at radius 3 is 1.27 bits per heavy atom. The molecule has 0 aliphatic carbocycles. The van der Waals surface area contributed by atoms with Gasteiger partial charge in [-0.25, -0.2) is 0 Å². The van der Waals surface area contributed by atoms with Crippen molar-refractivity contribution in [2.24, 2.45) is 0 Å². The SMILES string of the molecule is O.[Pd].c1ccc(Pc2ccccc2)cc1. The second-order valence-corrected chi connectivity index (χ2v) is 4.26. The third kappa shape index (κ3) is 4.69. The number of hydrogen-bond acceptors (Lipinski definition) is 0. The second-order valence-electron chi connectivity index (χ2n) is 2.86. The van der Waals surface area contributed by atoms with Crippen LogP contribution in [0.2, 0.25) is 0 Å². The summed E-state index contributed by atoms with van der Waals surface area (Å²) >= 11 is 0. The fourth-order valence-electron chi connectivity index (χ4n) is 1.21. The van der Waals surface area contributed by atoms with Gasteiger partial charge in [0.15, 0.2) is 0 Å². The van der Waals surface area contributed by atoms with Crippen LogP contribution in [0.25, 0.3) is 0 Å². The molecule has 3 heteroatoms. The minimum Gasteiger partial charge on any atom is -0.412 e. The van der Waals surface area contributed by atoms with E-state index >= 15 is 0 Å². The van der Waals surface area contributed by atoms with Crippen molar-refractivity contribution < 1.29 is 25.9 Å². The zero-order valence-electron chi connectivity index (χ0n) is 8.09. The van der Waals surface area contributed by atoms with Crippen LogP contribution >= 0.6 is 8.58 Å². The van der Waals surface area contributed by atoms with Gasteiger partial charge in [-0.2, -0.15) is 0 Å². The van der Waals surface area contributed by atoms with Gasteiger partial charge in [-0.05, 0) is 10.6 Å². The maximum atomic E-state index is 2.17. The Morgan fingerprint density at radius 1 is 0.600 bits per heavy atom. The minimum atomic E-state index is 0. The first-order chi connectivity index (χ1) is 6.45. The molecule has 0 spiro atoms. The Kier molecular flexibility index (Phi) is 7.48. The normalized spacial score (nSPS) is 8.53. The van der Waals surface area contributed by atoms with Crippen LogP contribution in [0.15, 0.2) is 60.7 Å². The van der Waals surface area contributed by atoms with Crippen molar-refractivity contribution in [1.82, 2.24) is 0 Å². The predicted octanol–water partition coefficient (Wildman–Crippen LogP) is 1.49. The summed E-state index contributed by atoms with van der Waals surface area (Å²) < 4.78 is 0. The molecule has 15 heavy (non-hydrogen) atoms. The summed E-state index contributed by atoms with van der Waals surface area (Å²) in [4.78, 5) is 0. The Bertz CT molecular complexity index is 326. The number of hydrogen-bond donors (Lipinski definition) is 0. The Hall–Kier alpha value is -0.508. The Morgan fingerprint density at radius 2 is 0.933 bits per heavy atom. The molecule has 0 aliphatic rings. The van der Waals surface area contributed by atoms with Crippen molar-refractivity contribution in [3.05, 3.63) is 60.7 Å². The average Bonchev–Trinajstić information content (AvgIpc) is 2.21. The molecule has 0 saturated heterocycles. The van der Waals surface area contributed by atoms with Crippen LogP contribution in [-0.4, -0.2) is 5.48 Å². The fourth-order valence-corrected chi connectivity index (χ4v) is 2.26. The van der Waals surface area contributed by atoms with E-state index in [-0.39, 0.29) is 25.9 Å². The van der Waals surface area contributed by atoms with Crippen molar-refractivity contribution >= 4 is 19.2 Å². The monoisotopic (exact) mass is 310 g/mol. The van der Waals surface area contributed by atoms with E-state index in [0.29, 0.717) is 0 Å². The summed E-state index contributed by atoms with van der Waals surface area (Å²) in [6, 6.07) is 21.2. The van der Waals surface area contributed by atoms with Gasteiger partial charge < -0.3 is 5.48 Å². The number of benzene rings is 2. The molecule has 0 amide bonds. The summed E-state index contributed by atoms with van der Waals surface area (Å²) in [6.45, 7) is 0. The summed E-state index contributed by atoms with van der Waals surface area (Å²) in [5.41, 5.74) is 0. The molecule has 0 unspecified atom stereocenters. The van der Waals surface area contributed by atoms with Gasteiger partial charge in [0.1, 0.15) is 0 Å². The maximum absolute atomic E-state index is 2.17. The second kappa shape index (κ2) is 7.74. The standard InChI is InChI=1S/C12H11P.H2O.Pd/c1-3-7-11(8-4-1)13-12-9-5-2-6-10-12;;/h1-10,13H;1H2;. The quantitative estimate of drug-likeness (QED) is 0.595. The van der Waals surface area contributed by atoms with Gasteiger partial charge in [0.05, 0.1) is 0 Å². The summed E-state index contributed by atoms with van der Waals surface area (Å²) in [5.74, 6) is 0. The molecule has 0 fully saturated rings. The van der Waals surface area contributed by atoms with Crippen LogP contribution in [0.3, 0.4) is 0 Å². The molecular weight excluding hydrogens is 298 g/mol. The molecule has 0 aliphatic heterocycles. The molecule has 0 radical (unpaired) electrons. The van der Waals surface area contributed by atoms with Gasteiger partial charge in [-0.1, -0.05) is 69.2 Å². The smallest absolute Gasteiger partial charge is 0 e. The van der Waals surface area contributed by atoms with Crippen molar-refractivity contribution in [3.8, 4) is 0 Å². The van der Waals surface area contributed by atoms with Crippen LogP contribution in [0.1, 0.15) is 0 Å². The topological polar surface area (TPSA) is 31.5 Å². The molecule has 0 aromatic heterocycles. The molecule has 0 atom stereocenters. The maximum Gasteiger partial charge on any atom is 0 e. The average molecular weight is 311 g/mol. The summed E-state index contributed by atoms with van der Waals surface area (Å²) in [5, 5.41) is 2.79. The number of rotatable bonds is 2. The summed E-state index contributed by atoms with van der Waals surface area (Å²) in [6.07, 6.45) is 0. The first kappa shape index (κ1) is 14.5. The zero-order valence-corrected chi connectivity index (χ0v) is 10.6. The van der Waals surface area contributed by atoms with Crippen LogP contribution in [-0.2, 0) is 20.4 Å². The Balaban J connectivity index is 0.000000980. The van der Waals surface area contributed by atoms with E-state index in [1.807, 2.05) is 0 Å². The Labute approximate surface area is 106 Å². The first-order valence-corrected chi connectivity index (χ1v) is 5.32. The van der Waals surface area contributed by atoms with E-state index < -0.39 is 0 Å². The van der Waals surface area contributed by atoms with Crippen molar-refractivity contribution in [2.45, 2.75) is 0 Å². The van der Waals surface area contributed by atoms with E-state index in [2.05, 4.69) is 60.7 Å². The van der Waals surface area contributed by atoms with E-state index in [4.69, 9.17) is 0 Å². The van der Waals surface area contributed by atoms with Gasteiger partial charge in [0.2, 0.25) is 0 Å². The fraction of sp³-hybridized carbons (Fsp3) is 0. The predicted molar refractivity (Wildman–Crippen MR) is 64.1 cm³/mol. The van der Waals surface area contributed by atoms with E-state index in [1.54, 1.807) is 0 Å². The molecule has 2 rings (SSSR count). The van der Waals surface area contributed by atoms with E-state index in [1.165, 1.54) is 10.6 Å². The van der Waals surface area contributed by atoms with Crippen molar-refractivity contribution in [2.75, 3.05) is 0 Å². The largest absolute Gasteiger partial charge is 0.412 e. The van der Waals surface area contributed by atoms with Gasteiger partial charge >= 0.3 is 0 Å². The minimum absolute atomic E-state index is 0. The third-order valence-electron chi connectivity index (χ3n) is 1.84. The van der Waals surface area contributed by atoms with E-state index in [0.717, 1.165) is 8.58 Å². The molecule has 1 nitrogen and oxygen atoms in total. The first-order valence-electron chi connectivity index (χ1n) is 4.32. The zero-order chi connectivity index (χ0) is 8.93. The van der Waals surface area contributed by atoms with Crippen molar-refractivity contribution in [3.63, 3.8) is 0 Å². The molecule has 0 heterocycles. The molecule has 2 N–H and O–H groups in total. The van der Waals surface area contributed by atoms with Gasteiger partial charge in [0.25, 0.3) is 0 Å². The molecule has 82 valence electrons. The van der Waals surface area contributed by atoms with Crippen molar-refractivity contribution in [1.29, 1.82) is 0 Å². The van der Waals surface area contributed by atoms with Crippen LogP contribution < -0.4 is 10.6 Å². The van der Waals surface area contributed by atoms with Gasteiger partial charge in [-0.3, -0.25) is 0 Å². The van der Waals surface area contributed by atoms with Crippen LogP contribution in [0, 0.1) is 0 Å². The molecule has 0 bridgehead atoms. The van der Waals surface area contributed by atoms with Gasteiger partial charge in [0, 0.05) is 20.4 Å². The third-order valence-corrected chi connectivity index (χ3v) is 3.08. The molecule has 2 aromatic rings. The van der Waals surface area contributed by atoms with Crippen LogP contribution in [0.5, 0.6) is 0 Å².